The van der Waals surface area contributed by atoms with Crippen LogP contribution in [-0.2, 0) is 30.6 Å². The van der Waals surface area contributed by atoms with E-state index < -0.39 is 0 Å². The van der Waals surface area contributed by atoms with E-state index in [1.807, 2.05) is 75.6 Å². The second-order valence-corrected chi connectivity index (χ2v) is 10.8. The first-order chi connectivity index (χ1) is 19.5. The second kappa shape index (κ2) is 12.4. The number of carbonyl (C=O) groups excluding carboxylic acids is 1. The number of pyridine rings is 1. The van der Waals surface area contributed by atoms with Crippen molar-refractivity contribution in [3.05, 3.63) is 114 Å². The summed E-state index contributed by atoms with van der Waals surface area (Å²) in [5.74, 6) is 0.349. The number of aromatic hydroxyl groups is 1. The van der Waals surface area contributed by atoms with Crippen molar-refractivity contribution >= 4 is 28.6 Å². The molecule has 6 nitrogen and oxygen atoms in total. The van der Waals surface area contributed by atoms with Crippen LogP contribution >= 0.6 is 11.8 Å². The second-order valence-electron chi connectivity index (χ2n) is 9.75. The summed E-state index contributed by atoms with van der Waals surface area (Å²) in [6, 6.07) is 26.1. The van der Waals surface area contributed by atoms with E-state index in [-0.39, 0.29) is 18.3 Å². The SMILES string of the molecule is CCOC(=O)c1c(CSc2ccccc2)n(C)c2cc(-c3cccnc3)c(O)c(CN(C)Cc3ccccc3)c12. The highest BCUT2D eigenvalue weighted by Crippen LogP contribution is 2.42. The van der Waals surface area contributed by atoms with Gasteiger partial charge in [0.15, 0.2) is 0 Å². The monoisotopic (exact) mass is 551 g/mol. The number of esters is 1. The van der Waals surface area contributed by atoms with Gasteiger partial charge in [0, 0.05) is 70.9 Å². The summed E-state index contributed by atoms with van der Waals surface area (Å²) in [6.45, 7) is 3.21. The molecule has 0 unspecified atom stereocenters. The average molecular weight is 552 g/mol. The number of carbonyl (C=O) groups is 1. The first kappa shape index (κ1) is 27.5. The minimum absolute atomic E-state index is 0.152. The van der Waals surface area contributed by atoms with Crippen LogP contribution in [0.3, 0.4) is 0 Å². The first-order valence-corrected chi connectivity index (χ1v) is 14.3. The Balaban J connectivity index is 1.69. The number of nitrogens with zero attached hydrogens (tertiary/aromatic N) is 3. The minimum atomic E-state index is -0.378. The molecule has 0 aliphatic rings. The van der Waals surface area contributed by atoms with Gasteiger partial charge in [-0.1, -0.05) is 54.6 Å². The molecule has 0 fully saturated rings. The Morgan fingerprint density at radius 3 is 2.42 bits per heavy atom. The van der Waals surface area contributed by atoms with Gasteiger partial charge in [0.2, 0.25) is 0 Å². The third-order valence-corrected chi connectivity index (χ3v) is 8.00. The van der Waals surface area contributed by atoms with E-state index >= 15 is 0 Å². The Kier molecular flexibility index (Phi) is 8.53. The molecule has 0 radical (unpaired) electrons. The van der Waals surface area contributed by atoms with Crippen molar-refractivity contribution in [2.45, 2.75) is 30.7 Å². The number of phenolic OH excluding ortho intramolecular Hbond substituents is 1. The Morgan fingerprint density at radius 2 is 1.75 bits per heavy atom. The van der Waals surface area contributed by atoms with E-state index in [1.165, 1.54) is 5.56 Å². The molecule has 0 saturated carbocycles. The predicted octanol–water partition coefficient (Wildman–Crippen LogP) is 7.05. The van der Waals surface area contributed by atoms with Crippen LogP contribution in [0.5, 0.6) is 5.75 Å². The lowest BCUT2D eigenvalue weighted by atomic mass is 9.96. The summed E-state index contributed by atoms with van der Waals surface area (Å²) >= 11 is 1.67. The van der Waals surface area contributed by atoms with Gasteiger partial charge in [-0.2, -0.15) is 0 Å². The van der Waals surface area contributed by atoms with E-state index in [2.05, 4.69) is 38.7 Å². The summed E-state index contributed by atoms with van der Waals surface area (Å²) in [4.78, 5) is 21.1. The maximum atomic E-state index is 13.5. The van der Waals surface area contributed by atoms with Crippen molar-refractivity contribution in [2.24, 2.45) is 7.05 Å². The molecule has 2 aromatic heterocycles. The number of benzene rings is 3. The largest absolute Gasteiger partial charge is 0.507 e. The smallest absolute Gasteiger partial charge is 0.340 e. The van der Waals surface area contributed by atoms with Crippen LogP contribution in [0.1, 0.15) is 34.1 Å². The summed E-state index contributed by atoms with van der Waals surface area (Å²) in [7, 11) is 4.00. The van der Waals surface area contributed by atoms with E-state index in [9.17, 15) is 9.90 Å². The van der Waals surface area contributed by atoms with Crippen molar-refractivity contribution in [3.8, 4) is 16.9 Å². The van der Waals surface area contributed by atoms with Crippen molar-refractivity contribution < 1.29 is 14.6 Å². The van der Waals surface area contributed by atoms with E-state index in [0.717, 1.165) is 27.1 Å². The molecular formula is C33H33N3O3S. The van der Waals surface area contributed by atoms with Crippen LogP contribution in [0.4, 0.5) is 0 Å². The number of phenols is 1. The molecule has 0 spiro atoms. The summed E-state index contributed by atoms with van der Waals surface area (Å²) < 4.78 is 7.65. The van der Waals surface area contributed by atoms with Crippen molar-refractivity contribution in [3.63, 3.8) is 0 Å². The normalized spacial score (nSPS) is 11.3. The lowest BCUT2D eigenvalue weighted by Crippen LogP contribution is -2.18. The molecule has 5 aromatic rings. The Labute approximate surface area is 239 Å². The van der Waals surface area contributed by atoms with Crippen LogP contribution in [0.15, 0.2) is 96.2 Å². The standard InChI is InChI=1S/C33H33N3O3S/c1-4-39-33(38)31-29(22-40-25-15-9-6-10-16-25)36(3)28-18-26(24-14-11-17-34-19-24)32(37)27(30(28)31)21-35(2)20-23-12-7-5-8-13-23/h5-19,37H,4,20-22H2,1-3H3. The fourth-order valence-electron chi connectivity index (χ4n) is 5.09. The van der Waals surface area contributed by atoms with E-state index in [0.29, 0.717) is 35.5 Å². The van der Waals surface area contributed by atoms with Gasteiger partial charge in [0.05, 0.1) is 17.7 Å². The molecule has 40 heavy (non-hydrogen) atoms. The highest BCUT2D eigenvalue weighted by Gasteiger charge is 2.28. The third-order valence-electron chi connectivity index (χ3n) is 6.98. The fraction of sp³-hybridized carbons (Fsp3) is 0.212. The quantitative estimate of drug-likeness (QED) is 0.148. The summed E-state index contributed by atoms with van der Waals surface area (Å²) in [5, 5.41) is 12.5. The number of aryl methyl sites for hydroxylation is 1. The number of hydrogen-bond donors (Lipinski definition) is 1. The number of aromatic nitrogens is 2. The van der Waals surface area contributed by atoms with E-state index in [1.54, 1.807) is 24.2 Å². The molecule has 5 rings (SSSR count). The Morgan fingerprint density at radius 1 is 1.02 bits per heavy atom. The molecule has 204 valence electrons. The lowest BCUT2D eigenvalue weighted by Gasteiger charge is -2.20. The molecular weight excluding hydrogens is 518 g/mol. The Hall–Kier alpha value is -4.07. The van der Waals surface area contributed by atoms with Gasteiger partial charge in [-0.05, 0) is 43.8 Å². The molecule has 2 heterocycles. The van der Waals surface area contributed by atoms with E-state index in [4.69, 9.17) is 4.74 Å². The van der Waals surface area contributed by atoms with Crippen LogP contribution in [0.25, 0.3) is 22.0 Å². The zero-order valence-electron chi connectivity index (χ0n) is 23.0. The summed E-state index contributed by atoms with van der Waals surface area (Å²) in [5.41, 5.74) is 5.60. The van der Waals surface area contributed by atoms with Gasteiger partial charge in [-0.15, -0.1) is 11.8 Å². The topological polar surface area (TPSA) is 67.6 Å². The summed E-state index contributed by atoms with van der Waals surface area (Å²) in [6.07, 6.45) is 3.47. The van der Waals surface area contributed by atoms with Gasteiger partial charge >= 0.3 is 5.97 Å². The maximum absolute atomic E-state index is 13.5. The highest BCUT2D eigenvalue weighted by atomic mass is 32.2. The zero-order valence-corrected chi connectivity index (χ0v) is 23.8. The molecule has 0 atom stereocenters. The molecule has 0 amide bonds. The minimum Gasteiger partial charge on any atom is -0.507 e. The molecule has 0 aliphatic carbocycles. The third kappa shape index (κ3) is 5.76. The van der Waals surface area contributed by atoms with Gasteiger partial charge in [-0.3, -0.25) is 9.88 Å². The van der Waals surface area contributed by atoms with Crippen LogP contribution < -0.4 is 0 Å². The zero-order chi connectivity index (χ0) is 28.1. The number of ether oxygens (including phenoxy) is 1. The van der Waals surface area contributed by atoms with Crippen LogP contribution in [0.2, 0.25) is 0 Å². The van der Waals surface area contributed by atoms with Crippen molar-refractivity contribution in [1.29, 1.82) is 0 Å². The number of rotatable bonds is 10. The van der Waals surface area contributed by atoms with Gasteiger partial charge in [0.1, 0.15) is 5.75 Å². The maximum Gasteiger partial charge on any atom is 0.340 e. The first-order valence-electron chi connectivity index (χ1n) is 13.3. The highest BCUT2D eigenvalue weighted by molar-refractivity contribution is 7.98. The van der Waals surface area contributed by atoms with Crippen LogP contribution in [0, 0.1) is 0 Å². The molecule has 0 bridgehead atoms. The van der Waals surface area contributed by atoms with Crippen LogP contribution in [-0.4, -0.2) is 39.2 Å². The van der Waals surface area contributed by atoms with Crippen molar-refractivity contribution in [2.75, 3.05) is 13.7 Å². The number of thioether (sulfide) groups is 1. The molecule has 3 aromatic carbocycles. The van der Waals surface area contributed by atoms with Gasteiger partial charge < -0.3 is 14.4 Å². The molecule has 7 heteroatoms. The lowest BCUT2D eigenvalue weighted by molar-refractivity contribution is 0.0527. The molecule has 0 aliphatic heterocycles. The van der Waals surface area contributed by atoms with Gasteiger partial charge in [-0.25, -0.2) is 4.79 Å². The average Bonchev–Trinajstić information content (AvgIpc) is 3.26. The van der Waals surface area contributed by atoms with Gasteiger partial charge in [0.25, 0.3) is 0 Å². The predicted molar refractivity (Wildman–Crippen MR) is 161 cm³/mol. The number of hydrogen-bond acceptors (Lipinski definition) is 6. The number of fused-ring (bicyclic) bond motifs is 1. The fourth-order valence-corrected chi connectivity index (χ4v) is 6.08. The molecule has 1 N–H and O–H groups in total. The molecule has 0 saturated heterocycles. The Bertz CT molecular complexity index is 1600. The van der Waals surface area contributed by atoms with Crippen molar-refractivity contribution in [1.82, 2.24) is 14.5 Å².